The van der Waals surface area contributed by atoms with Gasteiger partial charge in [-0.2, -0.15) is 0 Å². The first-order chi connectivity index (χ1) is 8.20. The van der Waals surface area contributed by atoms with Crippen molar-refractivity contribution < 1.29 is 9.53 Å². The Balaban J connectivity index is 2.08. The lowest BCUT2D eigenvalue weighted by Crippen LogP contribution is -2.15. The maximum absolute atomic E-state index is 11.6. The molecule has 0 spiro atoms. The van der Waals surface area contributed by atoms with Crippen LogP contribution >= 0.6 is 23.2 Å². The van der Waals surface area contributed by atoms with Gasteiger partial charge >= 0.3 is 5.97 Å². The Morgan fingerprint density at radius 2 is 2.41 bits per heavy atom. The Morgan fingerprint density at radius 1 is 1.59 bits per heavy atom. The van der Waals surface area contributed by atoms with Gasteiger partial charge in [-0.1, -0.05) is 5.21 Å². The number of carbonyl (C=O) groups is 1. The summed E-state index contributed by atoms with van der Waals surface area (Å²) in [6.45, 7) is 0.0641. The molecule has 2 rings (SSSR count). The Labute approximate surface area is 107 Å². The molecule has 2 aromatic rings. The maximum atomic E-state index is 11.6. The smallest absolute Gasteiger partial charge is 0.338 e. The van der Waals surface area contributed by atoms with Crippen LogP contribution in [0.25, 0.3) is 11.0 Å². The molecule has 0 aliphatic carbocycles. The third-order valence-corrected chi connectivity index (χ3v) is 2.84. The molecular formula is C10H8Cl2N3O2. The molecule has 89 valence electrons. The molecule has 0 amide bonds. The van der Waals surface area contributed by atoms with Gasteiger partial charge in [0.1, 0.15) is 12.1 Å². The summed E-state index contributed by atoms with van der Waals surface area (Å²) in [5.74, 6) is -0.286. The number of nitrogens with zero attached hydrogens (tertiary/aromatic N) is 2. The predicted octanol–water partition coefficient (Wildman–Crippen LogP) is 1.76. The van der Waals surface area contributed by atoms with Gasteiger partial charge in [-0.15, -0.1) is 28.3 Å². The molecular weight excluding hydrogens is 265 g/mol. The Hall–Kier alpha value is -1.33. The summed E-state index contributed by atoms with van der Waals surface area (Å²) in [5.41, 5.74) is 1.47. The molecule has 1 aromatic heterocycles. The van der Waals surface area contributed by atoms with Gasteiger partial charge in [-0.3, -0.25) is 5.10 Å². The molecule has 1 atom stereocenters. The van der Waals surface area contributed by atoms with E-state index < -0.39 is 11.3 Å². The topological polar surface area (TPSA) is 67.9 Å². The molecule has 0 saturated carbocycles. The fourth-order valence-corrected chi connectivity index (χ4v) is 1.34. The highest BCUT2D eigenvalue weighted by atomic mass is 35.5. The normalized spacial score (nSPS) is 12.6. The van der Waals surface area contributed by atoms with E-state index in [9.17, 15) is 4.79 Å². The van der Waals surface area contributed by atoms with E-state index >= 15 is 0 Å². The number of halogens is 2. The number of H-pyrrole nitrogens is 1. The van der Waals surface area contributed by atoms with Crippen LogP contribution in [0.5, 0.6) is 0 Å². The zero-order chi connectivity index (χ0) is 12.3. The number of ether oxygens (including phenoxy) is 1. The molecule has 1 heterocycles. The van der Waals surface area contributed by atoms with Gasteiger partial charge in [-0.05, 0) is 12.1 Å². The van der Waals surface area contributed by atoms with Crippen LogP contribution in [0.3, 0.4) is 0 Å². The number of nitrogens with one attached hydrogen (secondary N) is 1. The van der Waals surface area contributed by atoms with E-state index in [-0.39, 0.29) is 18.1 Å². The van der Waals surface area contributed by atoms with Crippen molar-refractivity contribution in [1.82, 2.24) is 15.4 Å². The van der Waals surface area contributed by atoms with Gasteiger partial charge in [0, 0.05) is 11.9 Å². The van der Waals surface area contributed by atoms with E-state index in [1.54, 1.807) is 12.1 Å². The van der Waals surface area contributed by atoms with Crippen molar-refractivity contribution in [3.05, 3.63) is 23.8 Å². The largest absolute Gasteiger partial charge is 0.460 e. The quantitative estimate of drug-likeness (QED) is 0.680. The second-order valence-electron chi connectivity index (χ2n) is 3.30. The molecule has 0 aliphatic heterocycles. The Morgan fingerprint density at radius 3 is 3.18 bits per heavy atom. The fraction of sp³-hybridized carbons (Fsp3) is 0.300. The van der Waals surface area contributed by atoms with Gasteiger partial charge in [-0.25, -0.2) is 4.79 Å². The second-order valence-corrected chi connectivity index (χ2v) is 4.22. The van der Waals surface area contributed by atoms with E-state index in [2.05, 4.69) is 21.5 Å². The van der Waals surface area contributed by atoms with Crippen LogP contribution < -0.4 is 0 Å². The highest BCUT2D eigenvalue weighted by Gasteiger charge is 2.12. The number of esters is 1. The van der Waals surface area contributed by atoms with Crippen molar-refractivity contribution in [2.75, 3.05) is 12.5 Å². The first-order valence-corrected chi connectivity index (χ1v) is 5.78. The number of fused-ring (bicyclic) bond motifs is 1. The molecule has 0 fully saturated rings. The number of aromatic amines is 1. The molecule has 0 aliphatic rings. The number of aromatic nitrogens is 3. The number of hydrogen-bond acceptors (Lipinski definition) is 4. The average Bonchev–Trinajstić information content (AvgIpc) is 2.82. The number of carbonyl (C=O) groups excluding carboxylic acids is 1. The SMILES string of the molecule is O=C(OCC(Cl)CCl)c1[c]c2nn[nH]c2cc1. The van der Waals surface area contributed by atoms with Crippen molar-refractivity contribution >= 4 is 40.2 Å². The van der Waals surface area contributed by atoms with Crippen LogP contribution in [0.2, 0.25) is 0 Å². The Bertz CT molecular complexity index is 529. The van der Waals surface area contributed by atoms with Crippen molar-refractivity contribution in [3.63, 3.8) is 0 Å². The second kappa shape index (κ2) is 5.33. The van der Waals surface area contributed by atoms with Gasteiger partial charge in [0.05, 0.1) is 16.5 Å². The molecule has 1 unspecified atom stereocenters. The summed E-state index contributed by atoms with van der Waals surface area (Å²) < 4.78 is 4.96. The summed E-state index contributed by atoms with van der Waals surface area (Å²) in [5, 5.41) is 9.62. The highest BCUT2D eigenvalue weighted by molar-refractivity contribution is 6.28. The molecule has 1 radical (unpaired) electrons. The van der Waals surface area contributed by atoms with Crippen LogP contribution in [0.4, 0.5) is 0 Å². The monoisotopic (exact) mass is 272 g/mol. The summed E-state index contributed by atoms with van der Waals surface area (Å²) >= 11 is 11.2. The van der Waals surface area contributed by atoms with E-state index in [1.807, 2.05) is 0 Å². The third-order valence-electron chi connectivity index (χ3n) is 2.03. The fourth-order valence-electron chi connectivity index (χ4n) is 1.19. The third kappa shape index (κ3) is 2.87. The van der Waals surface area contributed by atoms with Crippen LogP contribution in [0.1, 0.15) is 10.4 Å². The van der Waals surface area contributed by atoms with Crippen molar-refractivity contribution in [1.29, 1.82) is 0 Å². The lowest BCUT2D eigenvalue weighted by Gasteiger charge is -2.06. The minimum Gasteiger partial charge on any atom is -0.460 e. The minimum atomic E-state index is -0.509. The highest BCUT2D eigenvalue weighted by Crippen LogP contribution is 2.11. The van der Waals surface area contributed by atoms with Crippen molar-refractivity contribution in [3.8, 4) is 0 Å². The molecule has 5 nitrogen and oxygen atoms in total. The first-order valence-electron chi connectivity index (χ1n) is 4.81. The van der Waals surface area contributed by atoms with E-state index in [4.69, 9.17) is 27.9 Å². The number of benzene rings is 1. The van der Waals surface area contributed by atoms with Gasteiger partial charge in [0.2, 0.25) is 0 Å². The van der Waals surface area contributed by atoms with E-state index in [0.717, 1.165) is 0 Å². The molecule has 1 N–H and O–H groups in total. The standard InChI is InChI=1S/C10H8Cl2N3O2/c11-4-7(12)5-17-10(16)6-1-2-8-9(3-6)14-15-13-8/h1-2,7H,4-5H2,(H,13,14,15). The van der Waals surface area contributed by atoms with Crippen molar-refractivity contribution in [2.24, 2.45) is 0 Å². The summed E-state index contributed by atoms with van der Waals surface area (Å²) in [6.07, 6.45) is 0. The number of hydrogen-bond donors (Lipinski definition) is 1. The summed E-state index contributed by atoms with van der Waals surface area (Å²) in [7, 11) is 0. The summed E-state index contributed by atoms with van der Waals surface area (Å²) in [6, 6.07) is 6.05. The van der Waals surface area contributed by atoms with E-state index in [1.165, 1.54) is 0 Å². The first kappa shape index (κ1) is 12.1. The zero-order valence-electron chi connectivity index (χ0n) is 8.61. The van der Waals surface area contributed by atoms with Crippen LogP contribution in [0, 0.1) is 6.07 Å². The zero-order valence-corrected chi connectivity index (χ0v) is 10.1. The van der Waals surface area contributed by atoms with Crippen LogP contribution in [0.15, 0.2) is 12.1 Å². The molecule has 1 aromatic carbocycles. The molecule has 0 bridgehead atoms. The van der Waals surface area contributed by atoms with Gasteiger partial charge in [0.25, 0.3) is 0 Å². The molecule has 17 heavy (non-hydrogen) atoms. The molecule has 7 heteroatoms. The lowest BCUT2D eigenvalue weighted by molar-refractivity contribution is 0.0509. The van der Waals surface area contributed by atoms with Crippen LogP contribution in [-0.2, 0) is 4.74 Å². The van der Waals surface area contributed by atoms with E-state index in [0.29, 0.717) is 11.0 Å². The maximum Gasteiger partial charge on any atom is 0.338 e. The predicted molar refractivity (Wildman–Crippen MR) is 63.4 cm³/mol. The average molecular weight is 273 g/mol. The number of rotatable bonds is 4. The minimum absolute atomic E-state index is 0.0641. The Kier molecular flexibility index (Phi) is 3.81. The van der Waals surface area contributed by atoms with Gasteiger partial charge < -0.3 is 4.74 Å². The lowest BCUT2D eigenvalue weighted by atomic mass is 10.2. The van der Waals surface area contributed by atoms with Gasteiger partial charge in [0.15, 0.2) is 0 Å². The van der Waals surface area contributed by atoms with Crippen LogP contribution in [-0.4, -0.2) is 39.2 Å². The summed E-state index contributed by atoms with van der Waals surface area (Å²) in [4.78, 5) is 11.6. The number of alkyl halides is 2. The molecule has 0 saturated heterocycles. The van der Waals surface area contributed by atoms with Crippen molar-refractivity contribution in [2.45, 2.75) is 5.38 Å².